The maximum absolute atomic E-state index is 11.6. The van der Waals surface area contributed by atoms with Crippen molar-refractivity contribution in [2.75, 3.05) is 12.4 Å². The average Bonchev–Trinajstić information content (AvgIpc) is 2.39. The van der Waals surface area contributed by atoms with Crippen LogP contribution in [0.15, 0.2) is 6.20 Å². The predicted molar refractivity (Wildman–Crippen MR) is 68.9 cm³/mol. The fourth-order valence-corrected chi connectivity index (χ4v) is 2.30. The summed E-state index contributed by atoms with van der Waals surface area (Å²) in [5.41, 5.74) is 0.326. The predicted octanol–water partition coefficient (Wildman–Crippen LogP) is 2.66. The molecular formula is C12H16ClN3O2. The third-order valence-corrected chi connectivity index (χ3v) is 3.29. The molecule has 18 heavy (non-hydrogen) atoms. The molecule has 0 amide bonds. The maximum Gasteiger partial charge on any atom is 0.343 e. The van der Waals surface area contributed by atoms with Crippen LogP contribution in [0.4, 0.5) is 5.82 Å². The lowest BCUT2D eigenvalue weighted by molar-refractivity contribution is 0.0601. The molecule has 1 aliphatic carbocycles. The van der Waals surface area contributed by atoms with Crippen LogP contribution in [0.25, 0.3) is 0 Å². The zero-order valence-electron chi connectivity index (χ0n) is 10.3. The molecule has 0 unspecified atom stereocenters. The Labute approximate surface area is 111 Å². The summed E-state index contributed by atoms with van der Waals surface area (Å²) in [7, 11) is 1.33. The molecule has 6 heteroatoms. The van der Waals surface area contributed by atoms with Gasteiger partial charge < -0.3 is 10.1 Å². The third-order valence-electron chi connectivity index (χ3n) is 3.11. The summed E-state index contributed by atoms with van der Waals surface area (Å²) < 4.78 is 4.70. The van der Waals surface area contributed by atoms with Crippen molar-refractivity contribution in [1.29, 1.82) is 0 Å². The van der Waals surface area contributed by atoms with Gasteiger partial charge in [0.25, 0.3) is 0 Å². The molecule has 1 aliphatic rings. The molecule has 0 radical (unpaired) electrons. The van der Waals surface area contributed by atoms with E-state index in [1.807, 2.05) is 0 Å². The highest BCUT2D eigenvalue weighted by molar-refractivity contribution is 6.28. The number of carbonyl (C=O) groups excluding carboxylic acids is 1. The molecule has 0 aliphatic heterocycles. The molecule has 1 heterocycles. The number of hydrogen-bond acceptors (Lipinski definition) is 5. The number of anilines is 1. The van der Waals surface area contributed by atoms with Crippen molar-refractivity contribution >= 4 is 23.4 Å². The van der Waals surface area contributed by atoms with Gasteiger partial charge in [-0.1, -0.05) is 19.3 Å². The van der Waals surface area contributed by atoms with Gasteiger partial charge >= 0.3 is 5.97 Å². The number of methoxy groups -OCH3 is 1. The largest absolute Gasteiger partial charge is 0.465 e. The molecule has 1 fully saturated rings. The van der Waals surface area contributed by atoms with Crippen LogP contribution in [0.1, 0.15) is 42.5 Å². The van der Waals surface area contributed by atoms with Crippen LogP contribution in [0.3, 0.4) is 0 Å². The molecule has 0 aromatic carbocycles. The number of halogens is 1. The van der Waals surface area contributed by atoms with E-state index in [0.717, 1.165) is 12.8 Å². The van der Waals surface area contributed by atoms with Crippen LogP contribution in [0.5, 0.6) is 0 Å². The van der Waals surface area contributed by atoms with E-state index in [1.165, 1.54) is 32.6 Å². The van der Waals surface area contributed by atoms with Gasteiger partial charge in [-0.2, -0.15) is 4.98 Å². The molecule has 5 nitrogen and oxygen atoms in total. The maximum atomic E-state index is 11.6. The Balaban J connectivity index is 2.18. The topological polar surface area (TPSA) is 64.1 Å². The Hall–Kier alpha value is -1.36. The normalized spacial score (nSPS) is 16.3. The Morgan fingerprint density at radius 1 is 1.44 bits per heavy atom. The minimum Gasteiger partial charge on any atom is -0.465 e. The zero-order chi connectivity index (χ0) is 13.0. The van der Waals surface area contributed by atoms with E-state index >= 15 is 0 Å². The van der Waals surface area contributed by atoms with Crippen molar-refractivity contribution in [3.8, 4) is 0 Å². The van der Waals surface area contributed by atoms with E-state index in [4.69, 9.17) is 16.3 Å². The molecule has 0 atom stereocenters. The van der Waals surface area contributed by atoms with E-state index < -0.39 is 5.97 Å². The number of esters is 1. The Bertz CT molecular complexity index is 433. The molecule has 1 aromatic heterocycles. The Kier molecular flexibility index (Phi) is 4.36. The minimum absolute atomic E-state index is 0.126. The zero-order valence-corrected chi connectivity index (χ0v) is 11.0. The fraction of sp³-hybridized carbons (Fsp3) is 0.583. The summed E-state index contributed by atoms with van der Waals surface area (Å²) >= 11 is 5.77. The number of ether oxygens (including phenoxy) is 1. The molecule has 0 bridgehead atoms. The van der Waals surface area contributed by atoms with Gasteiger partial charge in [0.2, 0.25) is 5.28 Å². The molecule has 0 saturated heterocycles. The van der Waals surface area contributed by atoms with Crippen LogP contribution in [0, 0.1) is 0 Å². The van der Waals surface area contributed by atoms with Crippen LogP contribution < -0.4 is 5.32 Å². The molecule has 2 rings (SSSR count). The molecule has 1 saturated carbocycles. The first-order valence-corrected chi connectivity index (χ1v) is 6.46. The van der Waals surface area contributed by atoms with E-state index in [-0.39, 0.29) is 5.28 Å². The Morgan fingerprint density at radius 3 is 2.83 bits per heavy atom. The molecular weight excluding hydrogens is 254 g/mol. The van der Waals surface area contributed by atoms with Crippen molar-refractivity contribution < 1.29 is 9.53 Å². The van der Waals surface area contributed by atoms with Gasteiger partial charge in [-0.05, 0) is 24.4 Å². The van der Waals surface area contributed by atoms with Crippen LogP contribution in [-0.4, -0.2) is 29.1 Å². The first-order valence-electron chi connectivity index (χ1n) is 6.08. The van der Waals surface area contributed by atoms with Crippen LogP contribution in [0.2, 0.25) is 5.28 Å². The first-order chi connectivity index (χ1) is 8.70. The number of aromatic nitrogens is 2. The lowest BCUT2D eigenvalue weighted by Gasteiger charge is -2.23. The summed E-state index contributed by atoms with van der Waals surface area (Å²) in [6, 6.07) is 0.341. The van der Waals surface area contributed by atoms with Crippen molar-refractivity contribution in [2.45, 2.75) is 38.1 Å². The number of nitrogens with one attached hydrogen (secondary N) is 1. The number of nitrogens with zero attached hydrogens (tertiary/aromatic N) is 2. The van der Waals surface area contributed by atoms with E-state index in [2.05, 4.69) is 15.3 Å². The molecule has 0 spiro atoms. The van der Waals surface area contributed by atoms with Crippen LogP contribution >= 0.6 is 11.6 Å². The van der Waals surface area contributed by atoms with Crippen molar-refractivity contribution in [3.05, 3.63) is 17.0 Å². The van der Waals surface area contributed by atoms with Crippen molar-refractivity contribution in [3.63, 3.8) is 0 Å². The van der Waals surface area contributed by atoms with E-state index in [0.29, 0.717) is 17.4 Å². The molecule has 1 aromatic rings. The smallest absolute Gasteiger partial charge is 0.343 e. The number of rotatable bonds is 3. The summed E-state index contributed by atoms with van der Waals surface area (Å²) in [5.74, 6) is 0.0127. The first kappa shape index (κ1) is 13.1. The highest BCUT2D eigenvalue weighted by Crippen LogP contribution is 2.23. The van der Waals surface area contributed by atoms with Gasteiger partial charge in [0.1, 0.15) is 11.4 Å². The lowest BCUT2D eigenvalue weighted by Crippen LogP contribution is -2.24. The van der Waals surface area contributed by atoms with Crippen LogP contribution in [-0.2, 0) is 4.74 Å². The minimum atomic E-state index is -0.454. The Morgan fingerprint density at radius 2 is 2.17 bits per heavy atom. The summed E-state index contributed by atoms with van der Waals surface area (Å²) in [6.07, 6.45) is 7.23. The van der Waals surface area contributed by atoms with Crippen molar-refractivity contribution in [1.82, 2.24) is 9.97 Å². The molecule has 1 N–H and O–H groups in total. The highest BCUT2D eigenvalue weighted by Gasteiger charge is 2.19. The monoisotopic (exact) mass is 269 g/mol. The van der Waals surface area contributed by atoms with Gasteiger partial charge in [0.05, 0.1) is 7.11 Å². The fourth-order valence-electron chi connectivity index (χ4n) is 2.17. The van der Waals surface area contributed by atoms with Gasteiger partial charge in [0, 0.05) is 12.2 Å². The summed E-state index contributed by atoms with van der Waals surface area (Å²) in [5, 5.41) is 3.40. The second-order valence-corrected chi connectivity index (χ2v) is 4.71. The van der Waals surface area contributed by atoms with E-state index in [1.54, 1.807) is 0 Å². The molecule has 98 valence electrons. The third kappa shape index (κ3) is 3.10. The van der Waals surface area contributed by atoms with Gasteiger partial charge in [-0.25, -0.2) is 9.78 Å². The van der Waals surface area contributed by atoms with Gasteiger partial charge in [0.15, 0.2) is 0 Å². The second kappa shape index (κ2) is 6.00. The second-order valence-electron chi connectivity index (χ2n) is 4.37. The number of carbonyl (C=O) groups is 1. The van der Waals surface area contributed by atoms with Gasteiger partial charge in [-0.15, -0.1) is 0 Å². The lowest BCUT2D eigenvalue weighted by atomic mass is 9.95. The quantitative estimate of drug-likeness (QED) is 0.675. The summed E-state index contributed by atoms with van der Waals surface area (Å²) in [4.78, 5) is 19.5. The van der Waals surface area contributed by atoms with E-state index in [9.17, 15) is 4.79 Å². The summed E-state index contributed by atoms with van der Waals surface area (Å²) in [6.45, 7) is 0. The standard InChI is InChI=1S/C12H16ClN3O2/c1-18-11(17)9-7-14-12(13)16-10(9)15-8-5-3-2-4-6-8/h7-8H,2-6H2,1H3,(H,14,15,16). The SMILES string of the molecule is COC(=O)c1cnc(Cl)nc1NC1CCCCC1. The number of hydrogen-bond donors (Lipinski definition) is 1. The highest BCUT2D eigenvalue weighted by atomic mass is 35.5. The van der Waals surface area contributed by atoms with Crippen molar-refractivity contribution in [2.24, 2.45) is 0 Å². The van der Waals surface area contributed by atoms with Gasteiger partial charge in [-0.3, -0.25) is 0 Å². The average molecular weight is 270 g/mol.